The Morgan fingerprint density at radius 2 is 1.35 bits per heavy atom. The molecule has 0 radical (unpaired) electrons. The molecule has 0 spiro atoms. The van der Waals surface area contributed by atoms with E-state index in [9.17, 15) is 9.59 Å². The van der Waals surface area contributed by atoms with E-state index < -0.39 is 11.8 Å². The standard InChI is InChI=1S/C15H15N3O2/c16-8-9-4-6-10(7-5-9)13-11(14(17)19)2-1-3-12(13)15(18)20/h1-7H,8,16H2,(H2,17,19)(H2,18,20). The first-order chi connectivity index (χ1) is 9.54. The van der Waals surface area contributed by atoms with Crippen LogP contribution in [0, 0.1) is 0 Å². The molecule has 0 atom stereocenters. The SMILES string of the molecule is NCc1ccc(-c2c(C(N)=O)cccc2C(N)=O)cc1. The lowest BCUT2D eigenvalue weighted by Gasteiger charge is -2.11. The summed E-state index contributed by atoms with van der Waals surface area (Å²) in [4.78, 5) is 23.1. The lowest BCUT2D eigenvalue weighted by atomic mass is 9.93. The van der Waals surface area contributed by atoms with Crippen LogP contribution in [0.1, 0.15) is 26.3 Å². The molecular weight excluding hydrogens is 254 g/mol. The Morgan fingerprint density at radius 3 is 1.75 bits per heavy atom. The predicted octanol–water partition coefficient (Wildman–Crippen LogP) is 1.01. The summed E-state index contributed by atoms with van der Waals surface area (Å²) in [6.07, 6.45) is 0. The van der Waals surface area contributed by atoms with Gasteiger partial charge in [0.05, 0.1) is 0 Å². The van der Waals surface area contributed by atoms with Crippen molar-refractivity contribution in [2.24, 2.45) is 17.2 Å². The van der Waals surface area contributed by atoms with Crippen molar-refractivity contribution in [3.63, 3.8) is 0 Å². The Labute approximate surface area is 116 Å². The van der Waals surface area contributed by atoms with Crippen molar-refractivity contribution in [3.05, 3.63) is 59.2 Å². The number of rotatable bonds is 4. The average Bonchev–Trinajstić information content (AvgIpc) is 2.46. The van der Waals surface area contributed by atoms with E-state index in [0.717, 1.165) is 5.56 Å². The van der Waals surface area contributed by atoms with Crippen LogP contribution in [0.25, 0.3) is 11.1 Å². The molecule has 102 valence electrons. The Kier molecular flexibility index (Phi) is 3.81. The van der Waals surface area contributed by atoms with Gasteiger partial charge in [0.2, 0.25) is 11.8 Å². The number of carbonyl (C=O) groups is 2. The van der Waals surface area contributed by atoms with Crippen LogP contribution >= 0.6 is 0 Å². The molecule has 0 fully saturated rings. The van der Waals surface area contributed by atoms with Gasteiger partial charge in [-0.3, -0.25) is 9.59 Å². The summed E-state index contributed by atoms with van der Waals surface area (Å²) in [7, 11) is 0. The fourth-order valence-electron chi connectivity index (χ4n) is 2.08. The number of benzene rings is 2. The molecule has 2 aromatic rings. The van der Waals surface area contributed by atoms with Crippen LogP contribution in [-0.4, -0.2) is 11.8 Å². The van der Waals surface area contributed by atoms with Crippen LogP contribution in [0.5, 0.6) is 0 Å². The number of primary amides is 2. The Morgan fingerprint density at radius 1 is 0.850 bits per heavy atom. The highest BCUT2D eigenvalue weighted by Crippen LogP contribution is 2.28. The molecule has 6 N–H and O–H groups in total. The van der Waals surface area contributed by atoms with Crippen LogP contribution in [0.2, 0.25) is 0 Å². The van der Waals surface area contributed by atoms with Crippen molar-refractivity contribution < 1.29 is 9.59 Å². The molecule has 0 aliphatic carbocycles. The van der Waals surface area contributed by atoms with Crippen LogP contribution in [0.3, 0.4) is 0 Å². The van der Waals surface area contributed by atoms with Gasteiger partial charge in [-0.25, -0.2) is 0 Å². The summed E-state index contributed by atoms with van der Waals surface area (Å²) in [6, 6.07) is 12.0. The van der Waals surface area contributed by atoms with Crippen molar-refractivity contribution in [2.75, 3.05) is 0 Å². The van der Waals surface area contributed by atoms with E-state index in [1.54, 1.807) is 30.3 Å². The summed E-state index contributed by atoms with van der Waals surface area (Å²) >= 11 is 0. The molecule has 5 heteroatoms. The number of hydrogen-bond acceptors (Lipinski definition) is 3. The van der Waals surface area contributed by atoms with Crippen molar-refractivity contribution >= 4 is 11.8 Å². The first kappa shape index (κ1) is 13.8. The number of nitrogens with two attached hydrogens (primary N) is 3. The summed E-state index contributed by atoms with van der Waals surface area (Å²) in [6.45, 7) is 0.417. The van der Waals surface area contributed by atoms with Gasteiger partial charge in [-0.2, -0.15) is 0 Å². The van der Waals surface area contributed by atoms with Gasteiger partial charge in [0.15, 0.2) is 0 Å². The van der Waals surface area contributed by atoms with Gasteiger partial charge in [-0.1, -0.05) is 30.3 Å². The molecule has 0 unspecified atom stereocenters. The van der Waals surface area contributed by atoms with E-state index >= 15 is 0 Å². The van der Waals surface area contributed by atoms with Crippen LogP contribution in [0.15, 0.2) is 42.5 Å². The molecule has 0 saturated carbocycles. The number of hydrogen-bond donors (Lipinski definition) is 3. The van der Waals surface area contributed by atoms with Gasteiger partial charge in [0.1, 0.15) is 0 Å². The van der Waals surface area contributed by atoms with Crippen molar-refractivity contribution in [3.8, 4) is 11.1 Å². The van der Waals surface area contributed by atoms with Gasteiger partial charge in [-0.15, -0.1) is 0 Å². The van der Waals surface area contributed by atoms with E-state index in [4.69, 9.17) is 17.2 Å². The lowest BCUT2D eigenvalue weighted by Crippen LogP contribution is -2.18. The zero-order valence-electron chi connectivity index (χ0n) is 10.8. The Hall–Kier alpha value is -2.66. The molecule has 20 heavy (non-hydrogen) atoms. The van der Waals surface area contributed by atoms with E-state index in [-0.39, 0.29) is 11.1 Å². The minimum Gasteiger partial charge on any atom is -0.366 e. The van der Waals surface area contributed by atoms with Gasteiger partial charge >= 0.3 is 0 Å². The normalized spacial score (nSPS) is 10.2. The van der Waals surface area contributed by atoms with Crippen LogP contribution in [-0.2, 0) is 6.54 Å². The van der Waals surface area contributed by atoms with Gasteiger partial charge in [-0.05, 0) is 23.3 Å². The molecule has 0 heterocycles. The van der Waals surface area contributed by atoms with E-state index in [2.05, 4.69) is 0 Å². The monoisotopic (exact) mass is 269 g/mol. The van der Waals surface area contributed by atoms with Crippen LogP contribution in [0.4, 0.5) is 0 Å². The van der Waals surface area contributed by atoms with Crippen LogP contribution < -0.4 is 17.2 Å². The Bertz CT molecular complexity index is 631. The van der Waals surface area contributed by atoms with E-state index in [1.165, 1.54) is 0 Å². The zero-order valence-corrected chi connectivity index (χ0v) is 10.8. The highest BCUT2D eigenvalue weighted by molar-refractivity contribution is 6.08. The maximum absolute atomic E-state index is 11.5. The summed E-state index contributed by atoms with van der Waals surface area (Å²) in [5.74, 6) is -1.21. The third-order valence-corrected chi connectivity index (χ3v) is 3.07. The third-order valence-electron chi connectivity index (χ3n) is 3.07. The van der Waals surface area contributed by atoms with E-state index in [1.807, 2.05) is 12.1 Å². The second-order valence-corrected chi connectivity index (χ2v) is 4.36. The second kappa shape index (κ2) is 5.54. The summed E-state index contributed by atoms with van der Waals surface area (Å²) in [5, 5.41) is 0. The maximum Gasteiger partial charge on any atom is 0.249 e. The molecule has 0 aromatic heterocycles. The summed E-state index contributed by atoms with van der Waals surface area (Å²) < 4.78 is 0. The predicted molar refractivity (Wildman–Crippen MR) is 76.8 cm³/mol. The molecule has 0 aliphatic rings. The highest BCUT2D eigenvalue weighted by Gasteiger charge is 2.17. The molecule has 5 nitrogen and oxygen atoms in total. The minimum atomic E-state index is -0.606. The number of carbonyl (C=O) groups excluding carboxylic acids is 2. The quantitative estimate of drug-likeness (QED) is 0.769. The van der Waals surface area contributed by atoms with Gasteiger partial charge in [0.25, 0.3) is 0 Å². The Balaban J connectivity index is 2.68. The second-order valence-electron chi connectivity index (χ2n) is 4.36. The maximum atomic E-state index is 11.5. The molecule has 0 bridgehead atoms. The van der Waals surface area contributed by atoms with E-state index in [0.29, 0.717) is 17.7 Å². The topological polar surface area (TPSA) is 112 Å². The minimum absolute atomic E-state index is 0.266. The lowest BCUT2D eigenvalue weighted by molar-refractivity contribution is 0.0999. The molecule has 2 rings (SSSR count). The smallest absolute Gasteiger partial charge is 0.249 e. The molecule has 0 aliphatic heterocycles. The van der Waals surface area contributed by atoms with Crippen molar-refractivity contribution in [2.45, 2.75) is 6.54 Å². The molecule has 2 amide bonds. The fourth-order valence-corrected chi connectivity index (χ4v) is 2.08. The first-order valence-corrected chi connectivity index (χ1v) is 6.06. The van der Waals surface area contributed by atoms with Crippen molar-refractivity contribution in [1.82, 2.24) is 0 Å². The molecule has 0 saturated heterocycles. The largest absolute Gasteiger partial charge is 0.366 e. The fraction of sp³-hybridized carbons (Fsp3) is 0.0667. The van der Waals surface area contributed by atoms with Gasteiger partial charge < -0.3 is 17.2 Å². The summed E-state index contributed by atoms with van der Waals surface area (Å²) in [5.41, 5.74) is 18.9. The average molecular weight is 269 g/mol. The zero-order chi connectivity index (χ0) is 14.7. The number of amides is 2. The third kappa shape index (κ3) is 2.53. The molecule has 2 aromatic carbocycles. The first-order valence-electron chi connectivity index (χ1n) is 6.06. The van der Waals surface area contributed by atoms with Crippen molar-refractivity contribution in [1.29, 1.82) is 0 Å². The van der Waals surface area contributed by atoms with Gasteiger partial charge in [0, 0.05) is 23.2 Å². The highest BCUT2D eigenvalue weighted by atomic mass is 16.1. The molecular formula is C15H15N3O2.